The summed E-state index contributed by atoms with van der Waals surface area (Å²) in [5.41, 5.74) is 2.10. The molecule has 1 heterocycles. The van der Waals surface area contributed by atoms with E-state index in [2.05, 4.69) is 22.2 Å². The third-order valence-electron chi connectivity index (χ3n) is 4.82. The van der Waals surface area contributed by atoms with Crippen LogP contribution in [0.25, 0.3) is 0 Å². The number of ether oxygens (including phenoxy) is 1. The van der Waals surface area contributed by atoms with E-state index in [4.69, 9.17) is 33.1 Å². The number of phenolic OH excluding ortho intramolecular Hbond substituents is 1. The zero-order chi connectivity index (χ0) is 22.5. The maximum atomic E-state index is 11.6. The topological polar surface area (TPSA) is 114 Å². The lowest BCUT2D eigenvalue weighted by atomic mass is 10.1. The van der Waals surface area contributed by atoms with Crippen LogP contribution >= 0.6 is 23.2 Å². The molecule has 0 aromatic heterocycles. The molecule has 1 saturated heterocycles. The first kappa shape index (κ1) is 23.1. The molecular weight excluding hydrogens is 447 g/mol. The lowest BCUT2D eigenvalue weighted by molar-refractivity contribution is -0.141. The van der Waals surface area contributed by atoms with Gasteiger partial charge in [-0.1, -0.05) is 23.2 Å². The van der Waals surface area contributed by atoms with Gasteiger partial charge in [-0.25, -0.2) is 5.48 Å². The van der Waals surface area contributed by atoms with Crippen molar-refractivity contribution >= 4 is 40.7 Å². The number of nitrogens with one attached hydrogen (secondary N) is 2. The van der Waals surface area contributed by atoms with Gasteiger partial charge in [0, 0.05) is 44.0 Å². The first-order chi connectivity index (χ1) is 14.8. The van der Waals surface area contributed by atoms with Gasteiger partial charge in [-0.05, 0) is 37.4 Å². The van der Waals surface area contributed by atoms with Crippen molar-refractivity contribution in [3.05, 3.63) is 45.9 Å². The van der Waals surface area contributed by atoms with Crippen LogP contribution in [0.1, 0.15) is 5.56 Å². The fraction of sp³-hybridized carbons (Fsp3) is 0.300. The van der Waals surface area contributed by atoms with Crippen LogP contribution in [0.2, 0.25) is 10.0 Å². The second-order valence-corrected chi connectivity index (χ2v) is 7.95. The Morgan fingerprint density at radius 1 is 1.06 bits per heavy atom. The van der Waals surface area contributed by atoms with Gasteiger partial charge in [-0.3, -0.25) is 19.7 Å². The van der Waals surface area contributed by atoms with Crippen molar-refractivity contribution < 1.29 is 24.6 Å². The number of amides is 2. The number of aromatic hydroxyl groups is 1. The SMILES string of the molecule is CN1CCN(Cc2cc(Oc3c(Cl)cc(NC(=O)C(=O)NO)cc3Cl)ccc2O)CC1. The predicted molar refractivity (Wildman–Crippen MR) is 116 cm³/mol. The summed E-state index contributed by atoms with van der Waals surface area (Å²) in [6, 6.07) is 7.58. The molecule has 0 bridgehead atoms. The van der Waals surface area contributed by atoms with Crippen molar-refractivity contribution in [3.8, 4) is 17.2 Å². The minimum Gasteiger partial charge on any atom is -0.508 e. The fourth-order valence-electron chi connectivity index (χ4n) is 3.08. The highest BCUT2D eigenvalue weighted by atomic mass is 35.5. The molecule has 0 saturated carbocycles. The Morgan fingerprint density at radius 2 is 1.71 bits per heavy atom. The van der Waals surface area contributed by atoms with Crippen molar-refractivity contribution in [1.82, 2.24) is 15.3 Å². The Morgan fingerprint density at radius 3 is 2.32 bits per heavy atom. The van der Waals surface area contributed by atoms with E-state index in [9.17, 15) is 14.7 Å². The third kappa shape index (κ3) is 5.99. The second kappa shape index (κ2) is 10.2. The summed E-state index contributed by atoms with van der Waals surface area (Å²) in [5.74, 6) is -1.56. The normalized spacial score (nSPS) is 14.8. The summed E-state index contributed by atoms with van der Waals surface area (Å²) >= 11 is 12.5. The van der Waals surface area contributed by atoms with E-state index in [1.165, 1.54) is 17.6 Å². The average molecular weight is 469 g/mol. The van der Waals surface area contributed by atoms with Gasteiger partial charge in [0.05, 0.1) is 10.0 Å². The van der Waals surface area contributed by atoms with Crippen LogP contribution in [-0.4, -0.2) is 65.2 Å². The summed E-state index contributed by atoms with van der Waals surface area (Å²) in [6.07, 6.45) is 0. The largest absolute Gasteiger partial charge is 0.508 e. The maximum Gasteiger partial charge on any atom is 0.332 e. The zero-order valence-corrected chi connectivity index (χ0v) is 18.2. The minimum atomic E-state index is -1.23. The zero-order valence-electron chi connectivity index (χ0n) is 16.7. The lowest BCUT2D eigenvalue weighted by Crippen LogP contribution is -2.43. The quantitative estimate of drug-likeness (QED) is 0.303. The molecule has 0 aliphatic carbocycles. The Kier molecular flexibility index (Phi) is 7.58. The molecule has 0 atom stereocenters. The van der Waals surface area contributed by atoms with Gasteiger partial charge in [0.15, 0.2) is 5.75 Å². The van der Waals surface area contributed by atoms with E-state index in [1.807, 2.05) is 0 Å². The fourth-order valence-corrected chi connectivity index (χ4v) is 3.65. The Labute approximate surface area is 189 Å². The van der Waals surface area contributed by atoms with Crippen molar-refractivity contribution in [1.29, 1.82) is 0 Å². The van der Waals surface area contributed by atoms with E-state index in [1.54, 1.807) is 18.2 Å². The van der Waals surface area contributed by atoms with Crippen molar-refractivity contribution in [3.63, 3.8) is 0 Å². The van der Waals surface area contributed by atoms with Gasteiger partial charge in [-0.2, -0.15) is 0 Å². The summed E-state index contributed by atoms with van der Waals surface area (Å²) < 4.78 is 5.84. The number of benzene rings is 2. The number of carbonyl (C=O) groups excluding carboxylic acids is 2. The lowest BCUT2D eigenvalue weighted by Gasteiger charge is -2.32. The number of phenols is 1. The van der Waals surface area contributed by atoms with Gasteiger partial charge in [0.25, 0.3) is 0 Å². The van der Waals surface area contributed by atoms with Crippen molar-refractivity contribution in [2.75, 3.05) is 38.5 Å². The Hall–Kier alpha value is -2.56. The van der Waals surface area contributed by atoms with Gasteiger partial charge in [0.2, 0.25) is 0 Å². The molecule has 31 heavy (non-hydrogen) atoms. The van der Waals surface area contributed by atoms with Crippen LogP contribution in [0.3, 0.4) is 0 Å². The van der Waals surface area contributed by atoms with Gasteiger partial charge < -0.3 is 20.1 Å². The molecule has 4 N–H and O–H groups in total. The first-order valence-corrected chi connectivity index (χ1v) is 10.2. The number of halogens is 2. The highest BCUT2D eigenvalue weighted by Gasteiger charge is 2.18. The van der Waals surface area contributed by atoms with E-state index in [0.717, 1.165) is 26.2 Å². The highest BCUT2D eigenvalue weighted by Crippen LogP contribution is 2.39. The molecule has 1 aliphatic rings. The molecule has 2 aromatic rings. The van der Waals surface area contributed by atoms with Crippen LogP contribution < -0.4 is 15.5 Å². The van der Waals surface area contributed by atoms with Crippen molar-refractivity contribution in [2.24, 2.45) is 0 Å². The molecule has 9 nitrogen and oxygen atoms in total. The molecule has 2 aromatic carbocycles. The van der Waals surface area contributed by atoms with Gasteiger partial charge >= 0.3 is 11.8 Å². The summed E-state index contributed by atoms with van der Waals surface area (Å²) in [7, 11) is 2.08. The number of piperazine rings is 1. The summed E-state index contributed by atoms with van der Waals surface area (Å²) in [4.78, 5) is 27.2. The van der Waals surface area contributed by atoms with Crippen LogP contribution in [0.4, 0.5) is 5.69 Å². The first-order valence-electron chi connectivity index (χ1n) is 9.42. The third-order valence-corrected chi connectivity index (χ3v) is 5.39. The maximum absolute atomic E-state index is 11.6. The summed E-state index contributed by atoms with van der Waals surface area (Å²) in [6.45, 7) is 4.31. The van der Waals surface area contributed by atoms with Crippen LogP contribution in [-0.2, 0) is 16.1 Å². The molecule has 1 aliphatic heterocycles. The average Bonchev–Trinajstić information content (AvgIpc) is 2.74. The smallest absolute Gasteiger partial charge is 0.332 e. The molecule has 1 fully saturated rings. The van der Waals surface area contributed by atoms with E-state index < -0.39 is 11.8 Å². The molecular formula is C20H22Cl2N4O5. The molecule has 0 radical (unpaired) electrons. The number of nitrogens with zero attached hydrogens (tertiary/aromatic N) is 2. The van der Waals surface area contributed by atoms with Crippen molar-refractivity contribution in [2.45, 2.75) is 6.54 Å². The number of rotatable bonds is 5. The number of carbonyl (C=O) groups is 2. The number of hydrogen-bond acceptors (Lipinski definition) is 7. The van der Waals surface area contributed by atoms with Crippen LogP contribution in [0.15, 0.2) is 30.3 Å². The van der Waals surface area contributed by atoms with Gasteiger partial charge in [0.1, 0.15) is 11.5 Å². The Bertz CT molecular complexity index is 957. The van der Waals surface area contributed by atoms with Crippen LogP contribution in [0.5, 0.6) is 17.2 Å². The molecule has 2 amide bonds. The summed E-state index contributed by atoms with van der Waals surface area (Å²) in [5, 5.41) is 21.2. The van der Waals surface area contributed by atoms with Crippen LogP contribution in [0, 0.1) is 0 Å². The van der Waals surface area contributed by atoms with E-state index in [0.29, 0.717) is 17.9 Å². The number of hydrogen-bond donors (Lipinski definition) is 4. The predicted octanol–water partition coefficient (Wildman–Crippen LogP) is 2.68. The number of hydroxylamine groups is 1. The highest BCUT2D eigenvalue weighted by molar-refractivity contribution is 6.40. The standard InChI is InChI=1S/C20H22Cl2N4O5/c1-25-4-6-26(7-5-25)11-12-8-14(2-3-17(12)27)31-18-15(21)9-13(10-16(18)22)23-19(28)20(29)24-30/h2-3,8-10,27,30H,4-7,11H2,1H3,(H,23,28)(H,24,29). The molecule has 11 heteroatoms. The van der Waals surface area contributed by atoms with E-state index in [-0.39, 0.29) is 27.2 Å². The molecule has 3 rings (SSSR count). The Balaban J connectivity index is 1.74. The molecule has 166 valence electrons. The second-order valence-electron chi connectivity index (χ2n) is 7.14. The molecule has 0 spiro atoms. The van der Waals surface area contributed by atoms with E-state index >= 15 is 0 Å². The van der Waals surface area contributed by atoms with Gasteiger partial charge in [-0.15, -0.1) is 0 Å². The molecule has 0 unspecified atom stereocenters. The minimum absolute atomic E-state index is 0.0981. The number of anilines is 1. The number of likely N-dealkylation sites (N-methyl/N-ethyl adjacent to an activating group) is 1. The monoisotopic (exact) mass is 468 g/mol.